The molecule has 3 rings (SSSR count). The first-order valence-corrected chi connectivity index (χ1v) is 7.74. The van der Waals surface area contributed by atoms with E-state index in [-0.39, 0.29) is 5.54 Å². The molecular weight excluding hydrogens is 232 g/mol. The quantitative estimate of drug-likeness (QED) is 0.896. The maximum atomic E-state index is 3.74. The summed E-state index contributed by atoms with van der Waals surface area (Å²) in [5, 5.41) is 3.74. The Morgan fingerprint density at radius 2 is 1.95 bits per heavy atom. The lowest BCUT2D eigenvalue weighted by Gasteiger charge is -2.55. The van der Waals surface area contributed by atoms with Crippen molar-refractivity contribution in [3.05, 3.63) is 35.9 Å². The Labute approximate surface area is 117 Å². The highest BCUT2D eigenvalue weighted by molar-refractivity contribution is 5.25. The minimum Gasteiger partial charge on any atom is -0.305 e. The molecule has 1 saturated carbocycles. The van der Waals surface area contributed by atoms with Crippen LogP contribution in [0.4, 0.5) is 0 Å². The predicted molar refractivity (Wildman–Crippen MR) is 80.2 cm³/mol. The van der Waals surface area contributed by atoms with Crippen molar-refractivity contribution in [2.75, 3.05) is 19.6 Å². The van der Waals surface area contributed by atoms with Crippen LogP contribution < -0.4 is 5.32 Å². The Morgan fingerprint density at radius 1 is 1.21 bits per heavy atom. The summed E-state index contributed by atoms with van der Waals surface area (Å²) in [7, 11) is 0. The van der Waals surface area contributed by atoms with Gasteiger partial charge in [-0.15, -0.1) is 0 Å². The number of nitrogens with zero attached hydrogens (tertiary/aromatic N) is 1. The molecule has 2 aliphatic rings. The van der Waals surface area contributed by atoms with Crippen LogP contribution in [0.3, 0.4) is 0 Å². The first-order chi connectivity index (χ1) is 9.19. The molecule has 1 atom stereocenters. The molecule has 1 aromatic carbocycles. The average molecular weight is 258 g/mol. The Morgan fingerprint density at radius 3 is 2.53 bits per heavy atom. The molecule has 2 fully saturated rings. The van der Waals surface area contributed by atoms with Crippen LogP contribution in [-0.2, 0) is 5.54 Å². The number of rotatable bonds is 3. The fourth-order valence-corrected chi connectivity index (χ4v) is 3.87. The minimum absolute atomic E-state index is 0.108. The zero-order valence-corrected chi connectivity index (χ0v) is 12.3. The molecule has 0 aromatic heterocycles. The van der Waals surface area contributed by atoms with Gasteiger partial charge in [0.1, 0.15) is 0 Å². The van der Waals surface area contributed by atoms with Gasteiger partial charge in [-0.25, -0.2) is 0 Å². The molecule has 1 saturated heterocycles. The molecule has 0 amide bonds. The second-order valence-electron chi connectivity index (χ2n) is 6.48. The summed E-state index contributed by atoms with van der Waals surface area (Å²) in [6, 6.07) is 10.9. The van der Waals surface area contributed by atoms with Gasteiger partial charge in [-0.05, 0) is 38.2 Å². The molecule has 0 spiro atoms. The van der Waals surface area contributed by atoms with E-state index in [0.717, 1.165) is 13.1 Å². The van der Waals surface area contributed by atoms with Gasteiger partial charge in [-0.2, -0.15) is 0 Å². The second kappa shape index (κ2) is 4.92. The number of nitrogens with one attached hydrogen (secondary N) is 1. The molecule has 1 aliphatic heterocycles. The molecule has 1 aliphatic carbocycles. The summed E-state index contributed by atoms with van der Waals surface area (Å²) in [5.74, 6) is 0. The van der Waals surface area contributed by atoms with Crippen LogP contribution in [0.5, 0.6) is 0 Å². The third-order valence-corrected chi connectivity index (χ3v) is 5.43. The monoisotopic (exact) mass is 258 g/mol. The normalized spacial score (nSPS) is 30.8. The van der Waals surface area contributed by atoms with Gasteiger partial charge in [0, 0.05) is 25.2 Å². The van der Waals surface area contributed by atoms with E-state index in [9.17, 15) is 0 Å². The average Bonchev–Trinajstić information content (AvgIpc) is 2.39. The number of piperazine rings is 1. The molecule has 1 aromatic rings. The van der Waals surface area contributed by atoms with Crippen molar-refractivity contribution in [2.45, 2.75) is 50.6 Å². The molecule has 0 radical (unpaired) electrons. The lowest BCUT2D eigenvalue weighted by Crippen LogP contribution is -2.65. The molecular formula is C17H26N2. The van der Waals surface area contributed by atoms with E-state index in [1.807, 2.05) is 0 Å². The first-order valence-electron chi connectivity index (χ1n) is 7.74. The summed E-state index contributed by atoms with van der Waals surface area (Å²) in [6.07, 6.45) is 5.51. The van der Waals surface area contributed by atoms with E-state index < -0.39 is 0 Å². The highest BCUT2D eigenvalue weighted by Gasteiger charge is 2.45. The lowest BCUT2D eigenvalue weighted by atomic mass is 9.72. The molecule has 19 heavy (non-hydrogen) atoms. The van der Waals surface area contributed by atoms with Crippen molar-refractivity contribution in [3.8, 4) is 0 Å². The van der Waals surface area contributed by atoms with E-state index in [0.29, 0.717) is 5.54 Å². The lowest BCUT2D eigenvalue weighted by molar-refractivity contribution is -0.0254. The highest BCUT2D eigenvalue weighted by Crippen LogP contribution is 2.42. The summed E-state index contributed by atoms with van der Waals surface area (Å²) in [6.45, 7) is 8.17. The van der Waals surface area contributed by atoms with Crippen molar-refractivity contribution in [2.24, 2.45) is 0 Å². The maximum Gasteiger partial charge on any atom is 0.0535 e. The third-order valence-electron chi connectivity index (χ3n) is 5.43. The van der Waals surface area contributed by atoms with Crippen LogP contribution >= 0.6 is 0 Å². The zero-order chi connectivity index (χ0) is 13.3. The van der Waals surface area contributed by atoms with Crippen molar-refractivity contribution in [3.63, 3.8) is 0 Å². The largest absolute Gasteiger partial charge is 0.305 e. The van der Waals surface area contributed by atoms with Crippen LogP contribution in [0.15, 0.2) is 30.3 Å². The van der Waals surface area contributed by atoms with Crippen molar-refractivity contribution < 1.29 is 0 Å². The Hall–Kier alpha value is -0.860. The van der Waals surface area contributed by atoms with E-state index in [4.69, 9.17) is 0 Å². The fourth-order valence-electron chi connectivity index (χ4n) is 3.87. The van der Waals surface area contributed by atoms with Crippen LogP contribution in [0, 0.1) is 0 Å². The van der Waals surface area contributed by atoms with Gasteiger partial charge in [-0.3, -0.25) is 4.90 Å². The third kappa shape index (κ3) is 2.21. The number of hydrogen-bond acceptors (Lipinski definition) is 2. The van der Waals surface area contributed by atoms with E-state index >= 15 is 0 Å². The van der Waals surface area contributed by atoms with Gasteiger partial charge in [0.2, 0.25) is 0 Å². The highest BCUT2D eigenvalue weighted by atomic mass is 15.3. The summed E-state index contributed by atoms with van der Waals surface area (Å²) < 4.78 is 0. The van der Waals surface area contributed by atoms with Crippen LogP contribution in [0.1, 0.15) is 45.1 Å². The van der Waals surface area contributed by atoms with Crippen LogP contribution in [-0.4, -0.2) is 30.1 Å². The number of hydrogen-bond donors (Lipinski definition) is 1. The molecule has 1 unspecified atom stereocenters. The predicted octanol–water partition coefficient (Wildman–Crippen LogP) is 3.14. The smallest absolute Gasteiger partial charge is 0.0535 e. The molecule has 2 heteroatoms. The first kappa shape index (κ1) is 13.1. The van der Waals surface area contributed by atoms with Gasteiger partial charge < -0.3 is 5.32 Å². The minimum atomic E-state index is 0.108. The van der Waals surface area contributed by atoms with E-state index in [1.165, 1.54) is 37.8 Å². The Kier molecular flexibility index (Phi) is 3.40. The van der Waals surface area contributed by atoms with Crippen LogP contribution in [0.2, 0.25) is 0 Å². The van der Waals surface area contributed by atoms with E-state index in [2.05, 4.69) is 54.4 Å². The van der Waals surface area contributed by atoms with Crippen LogP contribution in [0.25, 0.3) is 0 Å². The zero-order valence-electron chi connectivity index (χ0n) is 12.3. The summed E-state index contributed by atoms with van der Waals surface area (Å²) >= 11 is 0. The van der Waals surface area contributed by atoms with Gasteiger partial charge in [0.25, 0.3) is 0 Å². The molecule has 0 bridgehead atoms. The van der Waals surface area contributed by atoms with Gasteiger partial charge in [0.15, 0.2) is 0 Å². The van der Waals surface area contributed by atoms with Crippen molar-refractivity contribution in [1.29, 1.82) is 0 Å². The maximum absolute atomic E-state index is 3.74. The summed E-state index contributed by atoms with van der Waals surface area (Å²) in [4.78, 5) is 2.76. The molecule has 2 nitrogen and oxygen atoms in total. The molecule has 1 N–H and O–H groups in total. The van der Waals surface area contributed by atoms with Gasteiger partial charge in [-0.1, -0.05) is 37.3 Å². The van der Waals surface area contributed by atoms with Crippen molar-refractivity contribution >= 4 is 0 Å². The topological polar surface area (TPSA) is 15.3 Å². The molecule has 1 heterocycles. The Balaban J connectivity index is 1.81. The standard InChI is InChI=1S/C17H26N2/c1-3-17(10-7-11-17)19-13-12-18-16(2,14-19)15-8-5-4-6-9-15/h4-6,8-9,18H,3,7,10-14H2,1-2H3. The van der Waals surface area contributed by atoms with Gasteiger partial charge in [0.05, 0.1) is 5.54 Å². The summed E-state index contributed by atoms with van der Waals surface area (Å²) in [5.41, 5.74) is 2.04. The fraction of sp³-hybridized carbons (Fsp3) is 0.647. The van der Waals surface area contributed by atoms with Gasteiger partial charge >= 0.3 is 0 Å². The van der Waals surface area contributed by atoms with E-state index in [1.54, 1.807) is 0 Å². The number of benzene rings is 1. The Bertz CT molecular complexity index is 419. The molecule has 104 valence electrons. The SMILES string of the molecule is CCC1(N2CCNC(C)(c3ccccc3)C2)CCC1. The van der Waals surface area contributed by atoms with Crippen molar-refractivity contribution in [1.82, 2.24) is 10.2 Å². The second-order valence-corrected chi connectivity index (χ2v) is 6.48.